The van der Waals surface area contributed by atoms with Crippen molar-refractivity contribution in [3.63, 3.8) is 0 Å². The molecule has 23 heavy (non-hydrogen) atoms. The number of carbonyl (C=O) groups is 2. The summed E-state index contributed by atoms with van der Waals surface area (Å²) in [6.07, 6.45) is 4.43. The van der Waals surface area contributed by atoms with Gasteiger partial charge >= 0.3 is 5.97 Å². The van der Waals surface area contributed by atoms with E-state index in [0.29, 0.717) is 18.5 Å². The second kappa shape index (κ2) is 5.98. The lowest BCUT2D eigenvalue weighted by molar-refractivity contribution is -0.384. The summed E-state index contributed by atoms with van der Waals surface area (Å²) in [5, 5.41) is 13.5. The lowest BCUT2D eigenvalue weighted by Crippen LogP contribution is -2.43. The first-order valence-corrected chi connectivity index (χ1v) is 7.77. The Hall–Kier alpha value is -2.44. The van der Waals surface area contributed by atoms with Gasteiger partial charge < -0.3 is 10.1 Å². The molecular weight excluding hydrogens is 300 g/mol. The van der Waals surface area contributed by atoms with Crippen LogP contribution in [0.2, 0.25) is 0 Å². The lowest BCUT2D eigenvalue weighted by Gasteiger charge is -2.36. The number of ether oxygens (including phenoxy) is 1. The molecule has 1 atom stereocenters. The number of benzene rings is 1. The van der Waals surface area contributed by atoms with Crippen LogP contribution in [0.4, 0.5) is 11.4 Å². The van der Waals surface area contributed by atoms with Crippen LogP contribution in [0, 0.1) is 16.0 Å². The van der Waals surface area contributed by atoms with Gasteiger partial charge in [0.25, 0.3) is 5.69 Å². The van der Waals surface area contributed by atoms with Crippen LogP contribution in [0.15, 0.2) is 24.3 Å². The molecule has 2 fully saturated rings. The predicted octanol–water partition coefficient (Wildman–Crippen LogP) is 2.80. The highest BCUT2D eigenvalue weighted by atomic mass is 16.6. The third kappa shape index (κ3) is 3.04. The van der Waals surface area contributed by atoms with Gasteiger partial charge in [0.2, 0.25) is 5.91 Å². The molecule has 0 aromatic heterocycles. The minimum Gasteiger partial charge on any atom is -0.458 e. The Labute approximate surface area is 133 Å². The quantitative estimate of drug-likeness (QED) is 0.525. The van der Waals surface area contributed by atoms with Crippen molar-refractivity contribution in [1.29, 1.82) is 0 Å². The number of non-ortho nitro benzene ring substituents is 1. The average Bonchev–Trinajstić information content (AvgIpc) is 2.84. The van der Waals surface area contributed by atoms with E-state index >= 15 is 0 Å². The van der Waals surface area contributed by atoms with Crippen molar-refractivity contribution in [1.82, 2.24) is 0 Å². The molecule has 1 amide bonds. The number of nitro benzene ring substituents is 1. The van der Waals surface area contributed by atoms with Gasteiger partial charge in [-0.25, -0.2) is 0 Å². The number of nitrogens with one attached hydrogen (secondary N) is 1. The molecule has 1 aromatic carbocycles. The maximum absolute atomic E-state index is 12.6. The van der Waals surface area contributed by atoms with Gasteiger partial charge in [-0.05, 0) is 31.7 Å². The maximum atomic E-state index is 12.6. The fourth-order valence-electron chi connectivity index (χ4n) is 3.55. The summed E-state index contributed by atoms with van der Waals surface area (Å²) < 4.78 is 5.52. The monoisotopic (exact) mass is 318 g/mol. The topological polar surface area (TPSA) is 98.5 Å². The van der Waals surface area contributed by atoms with Crippen LogP contribution in [-0.2, 0) is 14.3 Å². The molecule has 1 aromatic rings. The fraction of sp³-hybridized carbons (Fsp3) is 0.500. The summed E-state index contributed by atoms with van der Waals surface area (Å²) >= 11 is 0. The molecule has 7 heteroatoms. The van der Waals surface area contributed by atoms with E-state index in [1.807, 2.05) is 0 Å². The normalized spacial score (nSPS) is 22.6. The van der Waals surface area contributed by atoms with E-state index in [0.717, 1.165) is 19.3 Å². The lowest BCUT2D eigenvalue weighted by atomic mass is 9.75. The van der Waals surface area contributed by atoms with Crippen LogP contribution in [0.1, 0.15) is 38.5 Å². The highest BCUT2D eigenvalue weighted by Crippen LogP contribution is 2.44. The van der Waals surface area contributed by atoms with Crippen LogP contribution >= 0.6 is 0 Å². The zero-order valence-electron chi connectivity index (χ0n) is 12.6. The molecule has 0 bridgehead atoms. The Morgan fingerprint density at radius 1 is 1.30 bits per heavy atom. The molecular formula is C16H18N2O5. The fourth-order valence-corrected chi connectivity index (χ4v) is 3.55. The maximum Gasteiger partial charge on any atom is 0.307 e. The zero-order valence-corrected chi connectivity index (χ0v) is 12.6. The average molecular weight is 318 g/mol. The zero-order chi connectivity index (χ0) is 16.4. The van der Waals surface area contributed by atoms with E-state index in [4.69, 9.17) is 4.74 Å². The Kier molecular flexibility index (Phi) is 4.02. The van der Waals surface area contributed by atoms with E-state index in [-0.39, 0.29) is 24.0 Å². The first kappa shape index (κ1) is 15.5. The SMILES string of the molecule is O=C1C[C@@H](C(=O)Nc2cccc([N+](=O)[O-])c2)C2(CCCCC2)O1. The van der Waals surface area contributed by atoms with Gasteiger partial charge in [0.1, 0.15) is 5.60 Å². The first-order valence-electron chi connectivity index (χ1n) is 7.77. The van der Waals surface area contributed by atoms with Crippen molar-refractivity contribution in [2.75, 3.05) is 5.32 Å². The van der Waals surface area contributed by atoms with Gasteiger partial charge in [-0.1, -0.05) is 12.5 Å². The second-order valence-electron chi connectivity index (χ2n) is 6.15. The van der Waals surface area contributed by atoms with Crippen LogP contribution in [0.25, 0.3) is 0 Å². The number of anilines is 1. The number of hydrogen-bond donors (Lipinski definition) is 1. The Bertz CT molecular complexity index is 652. The highest BCUT2D eigenvalue weighted by molar-refractivity contribution is 5.97. The molecule has 0 radical (unpaired) electrons. The van der Waals surface area contributed by atoms with E-state index in [1.165, 1.54) is 18.2 Å². The minimum absolute atomic E-state index is 0.0702. The summed E-state index contributed by atoms with van der Waals surface area (Å²) in [5.41, 5.74) is -0.427. The van der Waals surface area contributed by atoms with Crippen molar-refractivity contribution in [3.8, 4) is 0 Å². The summed E-state index contributed by atoms with van der Waals surface area (Å²) in [7, 11) is 0. The van der Waals surface area contributed by atoms with E-state index in [1.54, 1.807) is 6.07 Å². The molecule has 2 aliphatic rings. The molecule has 0 unspecified atom stereocenters. The second-order valence-corrected chi connectivity index (χ2v) is 6.15. The van der Waals surface area contributed by atoms with Gasteiger partial charge in [-0.3, -0.25) is 19.7 Å². The van der Waals surface area contributed by atoms with Crippen LogP contribution in [0.5, 0.6) is 0 Å². The summed E-state index contributed by atoms with van der Waals surface area (Å²) in [6, 6.07) is 5.78. The van der Waals surface area contributed by atoms with Crippen molar-refractivity contribution in [2.24, 2.45) is 5.92 Å². The van der Waals surface area contributed by atoms with E-state index in [2.05, 4.69) is 5.32 Å². The number of carbonyl (C=O) groups excluding carboxylic acids is 2. The van der Waals surface area contributed by atoms with Gasteiger partial charge in [0.05, 0.1) is 17.3 Å². The third-order valence-corrected chi connectivity index (χ3v) is 4.66. The summed E-state index contributed by atoms with van der Waals surface area (Å²) in [5.74, 6) is -1.18. The Balaban J connectivity index is 1.78. The minimum atomic E-state index is -0.694. The molecule has 1 spiro atoms. The van der Waals surface area contributed by atoms with Gasteiger partial charge in [0, 0.05) is 17.8 Å². The molecule has 1 saturated heterocycles. The van der Waals surface area contributed by atoms with E-state index < -0.39 is 16.4 Å². The molecule has 3 rings (SSSR count). The van der Waals surface area contributed by atoms with Crippen LogP contribution in [0.3, 0.4) is 0 Å². The number of rotatable bonds is 3. The van der Waals surface area contributed by atoms with Gasteiger partial charge in [0.15, 0.2) is 0 Å². The smallest absolute Gasteiger partial charge is 0.307 e. The number of esters is 1. The summed E-state index contributed by atoms with van der Waals surface area (Å²) in [4.78, 5) is 34.6. The van der Waals surface area contributed by atoms with Crippen LogP contribution < -0.4 is 5.32 Å². The molecule has 122 valence electrons. The number of nitrogens with zero attached hydrogens (tertiary/aromatic N) is 1. The van der Waals surface area contributed by atoms with E-state index in [9.17, 15) is 19.7 Å². The standard InChI is InChI=1S/C16H18N2O5/c19-14-10-13(16(23-14)7-2-1-3-8-16)15(20)17-11-5-4-6-12(9-11)18(21)22/h4-6,9,13H,1-3,7-8,10H2,(H,17,20)/t13-/m0/s1. The van der Waals surface area contributed by atoms with Gasteiger partial charge in [-0.15, -0.1) is 0 Å². The molecule has 1 aliphatic carbocycles. The van der Waals surface area contributed by atoms with Crippen molar-refractivity contribution < 1.29 is 19.2 Å². The van der Waals surface area contributed by atoms with Crippen LogP contribution in [-0.4, -0.2) is 22.4 Å². The molecule has 1 saturated carbocycles. The number of hydrogen-bond acceptors (Lipinski definition) is 5. The molecule has 7 nitrogen and oxygen atoms in total. The summed E-state index contributed by atoms with van der Waals surface area (Å²) in [6.45, 7) is 0. The molecule has 1 heterocycles. The van der Waals surface area contributed by atoms with Crippen molar-refractivity contribution in [2.45, 2.75) is 44.1 Å². The number of nitro groups is 1. The van der Waals surface area contributed by atoms with Crippen molar-refractivity contribution >= 4 is 23.3 Å². The Morgan fingerprint density at radius 3 is 2.74 bits per heavy atom. The Morgan fingerprint density at radius 2 is 2.04 bits per heavy atom. The predicted molar refractivity (Wildman–Crippen MR) is 81.7 cm³/mol. The third-order valence-electron chi connectivity index (χ3n) is 4.66. The largest absolute Gasteiger partial charge is 0.458 e. The first-order chi connectivity index (χ1) is 11.0. The number of amides is 1. The molecule has 1 N–H and O–H groups in total. The van der Waals surface area contributed by atoms with Crippen molar-refractivity contribution in [3.05, 3.63) is 34.4 Å². The van der Waals surface area contributed by atoms with Gasteiger partial charge in [-0.2, -0.15) is 0 Å². The highest BCUT2D eigenvalue weighted by Gasteiger charge is 2.52. The molecule has 1 aliphatic heterocycles.